The Balaban J connectivity index is 1.51. The van der Waals surface area contributed by atoms with Gasteiger partial charge in [0.1, 0.15) is 5.82 Å². The van der Waals surface area contributed by atoms with E-state index < -0.39 is 23.5 Å². The number of anilines is 2. The van der Waals surface area contributed by atoms with Gasteiger partial charge in [0, 0.05) is 24.5 Å². The predicted molar refractivity (Wildman–Crippen MR) is 162 cm³/mol. The number of hydrogen-bond donors (Lipinski definition) is 1. The molecule has 1 N–H and O–H groups in total. The smallest absolute Gasteiger partial charge is 0.296 e. The lowest BCUT2D eigenvalue weighted by molar-refractivity contribution is -0.117. The third kappa shape index (κ3) is 5.77. The quantitative estimate of drug-likeness (QED) is 0.121. The van der Waals surface area contributed by atoms with Crippen molar-refractivity contribution in [3.05, 3.63) is 92.4 Å². The van der Waals surface area contributed by atoms with Crippen molar-refractivity contribution < 1.29 is 19.1 Å². The largest absolute Gasteiger partial charge is 0.503 e. The Morgan fingerprint density at radius 2 is 1.73 bits per heavy atom. The second-order valence-electron chi connectivity index (χ2n) is 9.35. The van der Waals surface area contributed by atoms with Crippen LogP contribution >= 0.6 is 34.4 Å². The second kappa shape index (κ2) is 12.1. The van der Waals surface area contributed by atoms with Crippen LogP contribution < -0.4 is 9.80 Å². The summed E-state index contributed by atoms with van der Waals surface area (Å²) >= 11 is 3.83. The number of hydrogen-bond acceptors (Lipinski definition) is 10. The van der Waals surface area contributed by atoms with Crippen LogP contribution in [0.3, 0.4) is 0 Å². The molecule has 12 heteroatoms. The van der Waals surface area contributed by atoms with Gasteiger partial charge in [0.15, 0.2) is 10.1 Å². The van der Waals surface area contributed by atoms with Crippen molar-refractivity contribution in [1.82, 2.24) is 15.2 Å². The molecule has 0 saturated heterocycles. The fourth-order valence-corrected chi connectivity index (χ4v) is 7.45. The molecular formula is C29H28FN5O3S3. The molecule has 1 aliphatic heterocycles. The molecule has 212 valence electrons. The number of thiazole rings is 1. The number of amides is 1. The number of aliphatic hydroxyl groups is 1. The van der Waals surface area contributed by atoms with Crippen molar-refractivity contribution in [2.75, 3.05) is 22.9 Å². The lowest BCUT2D eigenvalue weighted by Gasteiger charge is -2.25. The Morgan fingerprint density at radius 3 is 2.34 bits per heavy atom. The zero-order valence-electron chi connectivity index (χ0n) is 22.9. The zero-order valence-corrected chi connectivity index (χ0v) is 25.4. The van der Waals surface area contributed by atoms with Crippen molar-refractivity contribution in [1.29, 1.82) is 0 Å². The summed E-state index contributed by atoms with van der Waals surface area (Å²) in [5.74, 6) is -1.52. The lowest BCUT2D eigenvalue weighted by atomic mass is 9.95. The highest BCUT2D eigenvalue weighted by Crippen LogP contribution is 2.44. The van der Waals surface area contributed by atoms with Gasteiger partial charge in [0.05, 0.1) is 27.2 Å². The zero-order chi connectivity index (χ0) is 29.3. The molecule has 1 amide bonds. The Kier molecular flexibility index (Phi) is 8.52. The summed E-state index contributed by atoms with van der Waals surface area (Å²) < 4.78 is 13.9. The van der Waals surface area contributed by atoms with Gasteiger partial charge in [-0.2, -0.15) is 0 Å². The SMILES string of the molecule is CCN(CC)c1ccc(C2C(C(=O)c3sc(C)nc3C)=C(O)C(=O)N2c2nnc(SCc3ccc(F)cc3)s2)cc1. The van der Waals surface area contributed by atoms with Gasteiger partial charge in [-0.1, -0.05) is 47.4 Å². The van der Waals surface area contributed by atoms with Crippen molar-refractivity contribution in [3.8, 4) is 0 Å². The summed E-state index contributed by atoms with van der Waals surface area (Å²) in [4.78, 5) is 35.7. The van der Waals surface area contributed by atoms with Gasteiger partial charge in [-0.25, -0.2) is 9.37 Å². The van der Waals surface area contributed by atoms with Gasteiger partial charge in [-0.3, -0.25) is 14.5 Å². The van der Waals surface area contributed by atoms with E-state index >= 15 is 0 Å². The molecule has 0 bridgehead atoms. The number of aliphatic hydroxyl groups excluding tert-OH is 1. The van der Waals surface area contributed by atoms with Gasteiger partial charge in [0.25, 0.3) is 5.91 Å². The van der Waals surface area contributed by atoms with Crippen LogP contribution in [0, 0.1) is 19.7 Å². The number of ketones is 1. The molecule has 4 aromatic rings. The van der Waals surface area contributed by atoms with Crippen molar-refractivity contribution >= 4 is 56.9 Å². The summed E-state index contributed by atoms with van der Waals surface area (Å²) in [5, 5.41) is 20.6. The molecule has 0 spiro atoms. The molecule has 3 heterocycles. The molecule has 2 aromatic carbocycles. The fourth-order valence-electron chi connectivity index (χ4n) is 4.75. The maximum atomic E-state index is 13.9. The molecule has 2 aromatic heterocycles. The van der Waals surface area contributed by atoms with Crippen LogP contribution in [0.2, 0.25) is 0 Å². The van der Waals surface area contributed by atoms with Crippen molar-refractivity contribution in [2.45, 2.75) is 43.8 Å². The number of nitrogens with zero attached hydrogens (tertiary/aromatic N) is 5. The summed E-state index contributed by atoms with van der Waals surface area (Å²) in [6.07, 6.45) is 0. The molecule has 0 radical (unpaired) electrons. The Hall–Kier alpha value is -3.61. The standard InChI is InChI=1S/C29H28FN5O3S3/c1-5-34(6-2)21-13-9-19(10-14-21)23-22(24(36)26-16(3)31-17(4)40-26)25(37)27(38)35(23)28-32-33-29(41-28)39-15-18-7-11-20(30)12-8-18/h7-14,23,37H,5-6,15H2,1-4H3. The van der Waals surface area contributed by atoms with Crippen LogP contribution in [0.5, 0.6) is 0 Å². The minimum absolute atomic E-state index is 0.00643. The molecule has 1 aliphatic rings. The topological polar surface area (TPSA) is 99.5 Å². The minimum Gasteiger partial charge on any atom is -0.503 e. The maximum Gasteiger partial charge on any atom is 0.296 e. The number of Topliss-reactive ketones (excluding diaryl/α,β-unsaturated/α-hetero) is 1. The van der Waals surface area contributed by atoms with E-state index in [1.54, 1.807) is 19.1 Å². The van der Waals surface area contributed by atoms with Gasteiger partial charge < -0.3 is 10.0 Å². The summed E-state index contributed by atoms with van der Waals surface area (Å²) in [6.45, 7) is 9.37. The first-order chi connectivity index (χ1) is 19.7. The van der Waals surface area contributed by atoms with E-state index in [2.05, 4.69) is 33.9 Å². The summed E-state index contributed by atoms with van der Waals surface area (Å²) in [5.41, 5.74) is 3.14. The molecular weight excluding hydrogens is 582 g/mol. The molecule has 1 unspecified atom stereocenters. The lowest BCUT2D eigenvalue weighted by Crippen LogP contribution is -2.31. The van der Waals surface area contributed by atoms with Crippen molar-refractivity contribution in [2.24, 2.45) is 0 Å². The fraction of sp³-hybridized carbons (Fsp3) is 0.276. The summed E-state index contributed by atoms with van der Waals surface area (Å²) in [6, 6.07) is 13.0. The van der Waals surface area contributed by atoms with Crippen molar-refractivity contribution in [3.63, 3.8) is 0 Å². The first-order valence-corrected chi connectivity index (χ1v) is 15.6. The highest BCUT2D eigenvalue weighted by Gasteiger charge is 2.46. The molecule has 5 rings (SSSR count). The van der Waals surface area contributed by atoms with E-state index in [9.17, 15) is 19.1 Å². The molecule has 0 aliphatic carbocycles. The van der Waals surface area contributed by atoms with E-state index in [0.29, 0.717) is 26.2 Å². The van der Waals surface area contributed by atoms with Gasteiger partial charge in [0.2, 0.25) is 10.9 Å². The number of rotatable bonds is 10. The van der Waals surface area contributed by atoms with Gasteiger partial charge >= 0.3 is 0 Å². The number of carbonyl (C=O) groups excluding carboxylic acids is 2. The van der Waals surface area contributed by atoms with E-state index in [1.807, 2.05) is 31.2 Å². The van der Waals surface area contributed by atoms with Crippen LogP contribution in [0.1, 0.15) is 51.4 Å². The molecule has 8 nitrogen and oxygen atoms in total. The van der Waals surface area contributed by atoms with Crippen LogP contribution in [-0.2, 0) is 10.5 Å². The molecule has 41 heavy (non-hydrogen) atoms. The number of thioether (sulfide) groups is 1. The maximum absolute atomic E-state index is 13.9. The van der Waals surface area contributed by atoms with Crippen LogP contribution in [-0.4, -0.2) is 45.1 Å². The van der Waals surface area contributed by atoms with E-state index in [4.69, 9.17) is 0 Å². The Bertz CT molecular complexity index is 1610. The number of carbonyl (C=O) groups is 2. The summed E-state index contributed by atoms with van der Waals surface area (Å²) in [7, 11) is 0. The molecule has 0 saturated carbocycles. The monoisotopic (exact) mass is 609 g/mol. The average molecular weight is 610 g/mol. The molecule has 0 fully saturated rings. The first-order valence-electron chi connectivity index (χ1n) is 13.0. The number of aromatic nitrogens is 3. The first kappa shape index (κ1) is 28.9. The van der Waals surface area contributed by atoms with Crippen LogP contribution in [0.25, 0.3) is 0 Å². The van der Waals surface area contributed by atoms with E-state index in [-0.39, 0.29) is 16.5 Å². The average Bonchev–Trinajstić information content (AvgIpc) is 3.64. The number of benzene rings is 2. The van der Waals surface area contributed by atoms with E-state index in [1.165, 1.54) is 51.5 Å². The minimum atomic E-state index is -0.898. The normalized spacial score (nSPS) is 15.2. The molecule has 1 atom stereocenters. The van der Waals surface area contributed by atoms with Crippen LogP contribution in [0.4, 0.5) is 15.2 Å². The predicted octanol–water partition coefficient (Wildman–Crippen LogP) is 6.67. The van der Waals surface area contributed by atoms with Gasteiger partial charge in [-0.05, 0) is 63.1 Å². The van der Waals surface area contributed by atoms with Gasteiger partial charge in [-0.15, -0.1) is 21.5 Å². The second-order valence-corrected chi connectivity index (χ2v) is 12.7. The third-order valence-electron chi connectivity index (χ3n) is 6.78. The highest BCUT2D eigenvalue weighted by molar-refractivity contribution is 8.00. The Morgan fingerprint density at radius 1 is 1.05 bits per heavy atom. The number of halogens is 1. The third-order valence-corrected chi connectivity index (χ3v) is 9.98. The van der Waals surface area contributed by atoms with E-state index in [0.717, 1.165) is 29.3 Å². The van der Waals surface area contributed by atoms with Crippen LogP contribution in [0.15, 0.2) is 64.2 Å². The highest BCUT2D eigenvalue weighted by atomic mass is 32.2. The Labute approximate surface area is 249 Å². The number of aryl methyl sites for hydroxylation is 2.